The molecule has 116 valence electrons. The molecule has 0 aromatic heterocycles. The van der Waals surface area contributed by atoms with Gasteiger partial charge in [0, 0.05) is 38.7 Å². The van der Waals surface area contributed by atoms with Crippen LogP contribution in [-0.2, 0) is 11.3 Å². The van der Waals surface area contributed by atoms with Crippen LogP contribution in [-0.4, -0.2) is 44.2 Å². The third-order valence-corrected chi connectivity index (χ3v) is 4.67. The smallest absolute Gasteiger partial charge is 0.193 e. The van der Waals surface area contributed by atoms with Gasteiger partial charge in [0.25, 0.3) is 0 Å². The largest absolute Gasteiger partial charge is 0.381 e. The maximum absolute atomic E-state index is 8.83. The Bertz CT molecular complexity index is 582. The summed E-state index contributed by atoms with van der Waals surface area (Å²) >= 11 is 0. The zero-order valence-corrected chi connectivity index (χ0v) is 13.0. The van der Waals surface area contributed by atoms with Gasteiger partial charge in [0.2, 0.25) is 0 Å². The summed E-state index contributed by atoms with van der Waals surface area (Å²) in [4.78, 5) is 6.74. The van der Waals surface area contributed by atoms with Crippen LogP contribution in [0.2, 0.25) is 0 Å². The third-order valence-electron chi connectivity index (χ3n) is 4.67. The Morgan fingerprint density at radius 2 is 2.23 bits per heavy atom. The summed E-state index contributed by atoms with van der Waals surface area (Å²) in [7, 11) is 1.83. The number of nitriles is 1. The van der Waals surface area contributed by atoms with Crippen molar-refractivity contribution in [3.05, 3.63) is 35.4 Å². The third kappa shape index (κ3) is 3.07. The maximum Gasteiger partial charge on any atom is 0.193 e. The van der Waals surface area contributed by atoms with Crippen molar-refractivity contribution in [2.75, 3.05) is 33.4 Å². The van der Waals surface area contributed by atoms with Gasteiger partial charge in [0.05, 0.1) is 18.2 Å². The number of likely N-dealkylation sites (tertiary alicyclic amines) is 1. The molecule has 2 saturated heterocycles. The zero-order valence-electron chi connectivity index (χ0n) is 13.0. The summed E-state index contributed by atoms with van der Waals surface area (Å²) in [6.45, 7) is 4.57. The molecule has 0 radical (unpaired) electrons. The van der Waals surface area contributed by atoms with E-state index in [2.05, 4.69) is 21.3 Å². The quantitative estimate of drug-likeness (QED) is 0.667. The van der Waals surface area contributed by atoms with Gasteiger partial charge < -0.3 is 15.0 Å². The lowest BCUT2D eigenvalue weighted by molar-refractivity contribution is 0.156. The molecule has 1 aromatic carbocycles. The lowest BCUT2D eigenvalue weighted by Gasteiger charge is -2.25. The van der Waals surface area contributed by atoms with E-state index in [4.69, 9.17) is 10.00 Å². The normalized spacial score (nSPS) is 24.7. The van der Waals surface area contributed by atoms with Crippen LogP contribution in [0.1, 0.15) is 24.0 Å². The van der Waals surface area contributed by atoms with Crippen molar-refractivity contribution in [1.29, 1.82) is 5.26 Å². The molecule has 22 heavy (non-hydrogen) atoms. The molecule has 0 bridgehead atoms. The fourth-order valence-electron chi connectivity index (χ4n) is 3.30. The molecule has 1 spiro atoms. The highest BCUT2D eigenvalue weighted by molar-refractivity contribution is 5.80. The van der Waals surface area contributed by atoms with E-state index in [0.717, 1.165) is 50.8 Å². The number of benzene rings is 1. The summed E-state index contributed by atoms with van der Waals surface area (Å²) in [5.41, 5.74) is 2.18. The average molecular weight is 298 g/mol. The standard InChI is InChI=1S/C17H22N4O/c1-19-16(20-11-15-4-2-14(10-18)3-5-15)21-8-6-17(12-21)7-9-22-13-17/h2-5H,6-9,11-13H2,1H3,(H,19,20). The molecule has 0 saturated carbocycles. The number of rotatable bonds is 2. The van der Waals surface area contributed by atoms with Crippen LogP contribution in [0.4, 0.5) is 0 Å². The molecule has 1 atom stereocenters. The second-order valence-electron chi connectivity index (χ2n) is 6.18. The first-order valence-corrected chi connectivity index (χ1v) is 7.77. The number of nitrogens with zero attached hydrogens (tertiary/aromatic N) is 3. The second-order valence-corrected chi connectivity index (χ2v) is 6.18. The Balaban J connectivity index is 1.57. The van der Waals surface area contributed by atoms with Crippen molar-refractivity contribution >= 4 is 5.96 Å². The summed E-state index contributed by atoms with van der Waals surface area (Å²) in [5, 5.41) is 12.3. The van der Waals surface area contributed by atoms with Crippen LogP contribution in [0, 0.1) is 16.7 Å². The average Bonchev–Trinajstić information content (AvgIpc) is 3.19. The van der Waals surface area contributed by atoms with E-state index in [1.165, 1.54) is 6.42 Å². The molecule has 0 aliphatic carbocycles. The molecule has 0 amide bonds. The van der Waals surface area contributed by atoms with Gasteiger partial charge in [-0.1, -0.05) is 12.1 Å². The van der Waals surface area contributed by atoms with Gasteiger partial charge in [-0.2, -0.15) is 5.26 Å². The number of hydrogen-bond acceptors (Lipinski definition) is 3. The minimum absolute atomic E-state index is 0.339. The number of nitrogens with one attached hydrogen (secondary N) is 1. The molecule has 5 heteroatoms. The van der Waals surface area contributed by atoms with E-state index in [1.807, 2.05) is 31.3 Å². The number of hydrogen-bond donors (Lipinski definition) is 1. The van der Waals surface area contributed by atoms with Crippen LogP contribution in [0.25, 0.3) is 0 Å². The van der Waals surface area contributed by atoms with Gasteiger partial charge in [-0.25, -0.2) is 0 Å². The zero-order chi connectivity index (χ0) is 15.4. The fraction of sp³-hybridized carbons (Fsp3) is 0.529. The summed E-state index contributed by atoms with van der Waals surface area (Å²) in [6, 6.07) is 9.80. The van der Waals surface area contributed by atoms with Crippen LogP contribution >= 0.6 is 0 Å². The van der Waals surface area contributed by atoms with E-state index in [-0.39, 0.29) is 0 Å². The number of aliphatic imine (C=N–C) groups is 1. The van der Waals surface area contributed by atoms with Crippen molar-refractivity contribution in [1.82, 2.24) is 10.2 Å². The molecule has 2 aliphatic heterocycles. The molecule has 1 aromatic rings. The Morgan fingerprint density at radius 1 is 1.41 bits per heavy atom. The van der Waals surface area contributed by atoms with Crippen molar-refractivity contribution in [3.63, 3.8) is 0 Å². The lowest BCUT2D eigenvalue weighted by atomic mass is 9.87. The maximum atomic E-state index is 8.83. The molecular weight excluding hydrogens is 276 g/mol. The number of guanidine groups is 1. The molecule has 1 unspecified atom stereocenters. The SMILES string of the molecule is CN=C(NCc1ccc(C#N)cc1)N1CCC2(CCOC2)C1. The highest BCUT2D eigenvalue weighted by Gasteiger charge is 2.42. The van der Waals surface area contributed by atoms with Gasteiger partial charge >= 0.3 is 0 Å². The van der Waals surface area contributed by atoms with Crippen LogP contribution < -0.4 is 5.32 Å². The van der Waals surface area contributed by atoms with Gasteiger partial charge in [-0.15, -0.1) is 0 Å². The Labute approximate surface area is 131 Å². The van der Waals surface area contributed by atoms with Gasteiger partial charge in [-0.3, -0.25) is 4.99 Å². The predicted octanol–water partition coefficient (Wildman–Crippen LogP) is 1.75. The van der Waals surface area contributed by atoms with Crippen molar-refractivity contribution in [2.24, 2.45) is 10.4 Å². The van der Waals surface area contributed by atoms with Crippen LogP contribution in [0.3, 0.4) is 0 Å². The van der Waals surface area contributed by atoms with Crippen molar-refractivity contribution in [3.8, 4) is 6.07 Å². The van der Waals surface area contributed by atoms with E-state index >= 15 is 0 Å². The second kappa shape index (κ2) is 6.37. The van der Waals surface area contributed by atoms with E-state index < -0.39 is 0 Å². The first kappa shape index (κ1) is 14.9. The fourth-order valence-corrected chi connectivity index (χ4v) is 3.30. The molecule has 5 nitrogen and oxygen atoms in total. The highest BCUT2D eigenvalue weighted by atomic mass is 16.5. The Morgan fingerprint density at radius 3 is 2.86 bits per heavy atom. The highest BCUT2D eigenvalue weighted by Crippen LogP contribution is 2.38. The topological polar surface area (TPSA) is 60.7 Å². The van der Waals surface area contributed by atoms with Gasteiger partial charge in [0.1, 0.15) is 0 Å². The molecule has 2 heterocycles. The first-order valence-electron chi connectivity index (χ1n) is 7.77. The summed E-state index contributed by atoms with van der Waals surface area (Å²) < 4.78 is 5.58. The van der Waals surface area contributed by atoms with Crippen LogP contribution in [0.15, 0.2) is 29.3 Å². The van der Waals surface area contributed by atoms with E-state index in [1.54, 1.807) is 0 Å². The Kier molecular flexibility index (Phi) is 4.30. The van der Waals surface area contributed by atoms with Crippen LogP contribution in [0.5, 0.6) is 0 Å². The predicted molar refractivity (Wildman–Crippen MR) is 85.4 cm³/mol. The molecule has 2 fully saturated rings. The van der Waals surface area contributed by atoms with E-state index in [9.17, 15) is 0 Å². The molecule has 1 N–H and O–H groups in total. The van der Waals surface area contributed by atoms with Gasteiger partial charge in [-0.05, 0) is 30.5 Å². The summed E-state index contributed by atoms with van der Waals surface area (Å²) in [5.74, 6) is 0.952. The minimum atomic E-state index is 0.339. The van der Waals surface area contributed by atoms with Crippen molar-refractivity contribution in [2.45, 2.75) is 19.4 Å². The monoisotopic (exact) mass is 298 g/mol. The summed E-state index contributed by atoms with van der Waals surface area (Å²) in [6.07, 6.45) is 2.35. The number of ether oxygens (including phenoxy) is 1. The molecule has 3 rings (SSSR count). The van der Waals surface area contributed by atoms with E-state index in [0.29, 0.717) is 11.0 Å². The molecule has 2 aliphatic rings. The lowest BCUT2D eigenvalue weighted by Crippen LogP contribution is -2.41. The van der Waals surface area contributed by atoms with Gasteiger partial charge in [0.15, 0.2) is 5.96 Å². The first-order chi connectivity index (χ1) is 10.7. The molecular formula is C17H22N4O. The van der Waals surface area contributed by atoms with Crippen molar-refractivity contribution < 1.29 is 4.74 Å². The minimum Gasteiger partial charge on any atom is -0.381 e. The Hall–Kier alpha value is -2.06.